The van der Waals surface area contributed by atoms with Crippen LogP contribution >= 0.6 is 11.6 Å². The first-order valence-corrected chi connectivity index (χ1v) is 10.0. The van der Waals surface area contributed by atoms with Crippen molar-refractivity contribution < 1.29 is 21.6 Å². The second-order valence-corrected chi connectivity index (χ2v) is 8.27. The molecule has 0 heterocycles. The monoisotopic (exact) mass is 425 g/mol. The van der Waals surface area contributed by atoms with Crippen molar-refractivity contribution in [3.05, 3.63) is 94.8 Å². The highest BCUT2D eigenvalue weighted by molar-refractivity contribution is 7.92. The molecule has 0 fully saturated rings. The Morgan fingerprint density at radius 1 is 0.893 bits per heavy atom. The first-order valence-electron chi connectivity index (χ1n) is 8.21. The molecule has 0 saturated carbocycles. The number of benzene rings is 3. The molecule has 0 saturated heterocycles. The second kappa shape index (κ2) is 7.85. The molecule has 0 aliphatic heterocycles. The van der Waals surface area contributed by atoms with Crippen molar-refractivity contribution in [1.82, 2.24) is 0 Å². The summed E-state index contributed by atoms with van der Waals surface area (Å²) in [5, 5.41) is -0.362. The predicted molar refractivity (Wildman–Crippen MR) is 102 cm³/mol. The van der Waals surface area contributed by atoms with Crippen molar-refractivity contribution >= 4 is 27.3 Å². The van der Waals surface area contributed by atoms with Crippen LogP contribution in [-0.2, 0) is 10.0 Å². The molecule has 146 valence electrons. The molecule has 3 aromatic rings. The summed E-state index contributed by atoms with van der Waals surface area (Å²) in [6, 6.07) is 12.5. The summed E-state index contributed by atoms with van der Waals surface area (Å²) in [5.41, 5.74) is 0.251. The van der Waals surface area contributed by atoms with Crippen molar-refractivity contribution in [2.45, 2.75) is 17.9 Å². The zero-order valence-corrected chi connectivity index (χ0v) is 16.2. The van der Waals surface area contributed by atoms with Crippen LogP contribution in [0.2, 0.25) is 5.02 Å². The molecule has 0 radical (unpaired) electrons. The van der Waals surface area contributed by atoms with Gasteiger partial charge in [0.05, 0.1) is 21.6 Å². The molecule has 3 aromatic carbocycles. The normalized spacial score (nSPS) is 12.6. The molecule has 1 atom stereocenters. The van der Waals surface area contributed by atoms with E-state index in [0.29, 0.717) is 0 Å². The molecular formula is C20H15ClF3NO2S. The first-order chi connectivity index (χ1) is 13.2. The Morgan fingerprint density at radius 3 is 2.14 bits per heavy atom. The summed E-state index contributed by atoms with van der Waals surface area (Å²) in [5.74, 6) is -1.91. The van der Waals surface area contributed by atoms with Crippen molar-refractivity contribution in [3.8, 4) is 0 Å². The second-order valence-electron chi connectivity index (χ2n) is 6.05. The molecule has 0 N–H and O–H groups in total. The Morgan fingerprint density at radius 2 is 1.54 bits per heavy atom. The Balaban J connectivity index is 2.19. The van der Waals surface area contributed by atoms with Crippen molar-refractivity contribution in [2.24, 2.45) is 0 Å². The van der Waals surface area contributed by atoms with Crippen LogP contribution in [0.25, 0.3) is 0 Å². The fourth-order valence-electron chi connectivity index (χ4n) is 2.85. The van der Waals surface area contributed by atoms with E-state index in [1.165, 1.54) is 37.3 Å². The Labute approximate surface area is 166 Å². The largest absolute Gasteiger partial charge is 0.264 e. The lowest BCUT2D eigenvalue weighted by Gasteiger charge is -2.31. The summed E-state index contributed by atoms with van der Waals surface area (Å²) in [6.45, 7) is 1.50. The number of nitrogens with zero attached hydrogens (tertiary/aromatic N) is 1. The van der Waals surface area contributed by atoms with E-state index in [2.05, 4.69) is 0 Å². The van der Waals surface area contributed by atoms with Crippen molar-refractivity contribution in [2.75, 3.05) is 4.31 Å². The fraction of sp³-hybridized carbons (Fsp3) is 0.100. The van der Waals surface area contributed by atoms with Crippen LogP contribution in [0, 0.1) is 17.5 Å². The van der Waals surface area contributed by atoms with Gasteiger partial charge in [0.1, 0.15) is 17.5 Å². The molecular weight excluding hydrogens is 411 g/mol. The van der Waals surface area contributed by atoms with Gasteiger partial charge in [-0.05, 0) is 55.5 Å². The molecule has 1 unspecified atom stereocenters. The third-order valence-electron chi connectivity index (χ3n) is 4.24. The third kappa shape index (κ3) is 3.86. The zero-order chi connectivity index (χ0) is 20.5. The van der Waals surface area contributed by atoms with Gasteiger partial charge in [0.25, 0.3) is 10.0 Å². The molecule has 8 heteroatoms. The maximum Gasteiger partial charge on any atom is 0.264 e. The average Bonchev–Trinajstić information content (AvgIpc) is 2.65. The van der Waals surface area contributed by atoms with E-state index in [1.807, 2.05) is 0 Å². The lowest BCUT2D eigenvalue weighted by Crippen LogP contribution is -2.34. The van der Waals surface area contributed by atoms with Crippen LogP contribution in [-0.4, -0.2) is 8.42 Å². The molecule has 0 aliphatic rings. The van der Waals surface area contributed by atoms with Crippen LogP contribution < -0.4 is 4.31 Å². The van der Waals surface area contributed by atoms with E-state index < -0.39 is 33.5 Å². The molecule has 0 aromatic heterocycles. The van der Waals surface area contributed by atoms with Gasteiger partial charge in [-0.3, -0.25) is 4.31 Å². The highest BCUT2D eigenvalue weighted by Gasteiger charge is 2.32. The van der Waals surface area contributed by atoms with Gasteiger partial charge in [-0.15, -0.1) is 0 Å². The number of sulfonamides is 1. The van der Waals surface area contributed by atoms with Gasteiger partial charge in [-0.1, -0.05) is 29.8 Å². The Hall–Kier alpha value is -2.51. The summed E-state index contributed by atoms with van der Waals surface area (Å²) in [4.78, 5) is -0.272. The summed E-state index contributed by atoms with van der Waals surface area (Å²) < 4.78 is 68.8. The maximum atomic E-state index is 14.3. The summed E-state index contributed by atoms with van der Waals surface area (Å²) in [7, 11) is -4.28. The van der Waals surface area contributed by atoms with Gasteiger partial charge in [0, 0.05) is 5.56 Å². The lowest BCUT2D eigenvalue weighted by molar-refractivity contribution is 0.568. The highest BCUT2D eigenvalue weighted by atomic mass is 35.5. The molecule has 3 nitrogen and oxygen atoms in total. The minimum Gasteiger partial charge on any atom is -0.259 e. The van der Waals surface area contributed by atoms with Crippen LogP contribution in [0.15, 0.2) is 71.6 Å². The van der Waals surface area contributed by atoms with E-state index >= 15 is 0 Å². The minimum atomic E-state index is -4.28. The standard InChI is InChI=1S/C20H15ClF3NO2S/c1-13(17-4-2-3-5-19(17)23)25(15-8-6-14(22)7-9-15)28(26,27)16-10-11-20(24)18(21)12-16/h2-13H,1H3. The van der Waals surface area contributed by atoms with E-state index in [0.717, 1.165) is 34.6 Å². The molecule has 0 bridgehead atoms. The Kier molecular flexibility index (Phi) is 5.67. The van der Waals surface area contributed by atoms with Gasteiger partial charge in [-0.2, -0.15) is 0 Å². The van der Waals surface area contributed by atoms with E-state index in [4.69, 9.17) is 11.6 Å². The molecule has 0 aliphatic carbocycles. The van der Waals surface area contributed by atoms with Gasteiger partial charge < -0.3 is 0 Å². The number of hydrogen-bond acceptors (Lipinski definition) is 2. The van der Waals surface area contributed by atoms with Gasteiger partial charge in [0.2, 0.25) is 0 Å². The fourth-order valence-corrected chi connectivity index (χ4v) is 4.76. The predicted octanol–water partition coefficient (Wildman–Crippen LogP) is 5.71. The van der Waals surface area contributed by atoms with E-state index in [9.17, 15) is 21.6 Å². The first kappa shape index (κ1) is 20.2. The van der Waals surface area contributed by atoms with E-state index in [1.54, 1.807) is 6.07 Å². The topological polar surface area (TPSA) is 37.4 Å². The summed E-state index contributed by atoms with van der Waals surface area (Å²) >= 11 is 5.75. The van der Waals surface area contributed by atoms with Gasteiger partial charge >= 0.3 is 0 Å². The number of halogens is 4. The average molecular weight is 426 g/mol. The van der Waals surface area contributed by atoms with Gasteiger partial charge in [0.15, 0.2) is 0 Å². The molecule has 3 rings (SSSR count). The number of rotatable bonds is 5. The quantitative estimate of drug-likeness (QED) is 0.524. The van der Waals surface area contributed by atoms with E-state index in [-0.39, 0.29) is 21.2 Å². The number of hydrogen-bond donors (Lipinski definition) is 0. The number of anilines is 1. The van der Waals surface area contributed by atoms with Crippen molar-refractivity contribution in [1.29, 1.82) is 0 Å². The van der Waals surface area contributed by atoms with Crippen LogP contribution in [0.1, 0.15) is 18.5 Å². The highest BCUT2D eigenvalue weighted by Crippen LogP contribution is 2.35. The molecule has 28 heavy (non-hydrogen) atoms. The SMILES string of the molecule is CC(c1ccccc1F)N(c1ccc(F)cc1)S(=O)(=O)c1ccc(F)c(Cl)c1. The van der Waals surface area contributed by atoms with Crippen LogP contribution in [0.4, 0.5) is 18.9 Å². The van der Waals surface area contributed by atoms with Crippen LogP contribution in [0.3, 0.4) is 0 Å². The third-order valence-corrected chi connectivity index (χ3v) is 6.42. The molecule has 0 spiro atoms. The lowest BCUT2D eigenvalue weighted by atomic mass is 10.1. The van der Waals surface area contributed by atoms with Crippen molar-refractivity contribution in [3.63, 3.8) is 0 Å². The smallest absolute Gasteiger partial charge is 0.259 e. The summed E-state index contributed by atoms with van der Waals surface area (Å²) in [6.07, 6.45) is 0. The van der Waals surface area contributed by atoms with Crippen LogP contribution in [0.5, 0.6) is 0 Å². The van der Waals surface area contributed by atoms with Gasteiger partial charge in [-0.25, -0.2) is 21.6 Å². The maximum absolute atomic E-state index is 14.3. The molecule has 0 amide bonds. The minimum absolute atomic E-state index is 0.123. The Bertz CT molecular complexity index is 1100. The zero-order valence-electron chi connectivity index (χ0n) is 14.6.